The quantitative estimate of drug-likeness (QED) is 0.842. The van der Waals surface area contributed by atoms with Gasteiger partial charge in [0.15, 0.2) is 0 Å². The molecule has 1 saturated heterocycles. The third kappa shape index (κ3) is 5.08. The second-order valence-corrected chi connectivity index (χ2v) is 6.55. The fourth-order valence-corrected chi connectivity index (χ4v) is 3.13. The highest BCUT2D eigenvalue weighted by Crippen LogP contribution is 2.12. The average molecular weight is 290 g/mol. The summed E-state index contributed by atoms with van der Waals surface area (Å²) in [7, 11) is 8.79. The average Bonchev–Trinajstić information content (AvgIpc) is 2.45. The lowest BCUT2D eigenvalue weighted by Gasteiger charge is -2.41. The van der Waals surface area contributed by atoms with E-state index in [0.29, 0.717) is 12.1 Å². The van der Waals surface area contributed by atoms with E-state index < -0.39 is 0 Å². The number of nitrogens with zero attached hydrogens (tertiary/aromatic N) is 3. The molecule has 1 aromatic rings. The summed E-state index contributed by atoms with van der Waals surface area (Å²) in [6.07, 6.45) is 0. The van der Waals surface area contributed by atoms with Gasteiger partial charge in [0.25, 0.3) is 0 Å². The number of hydrogen-bond acceptors (Lipinski definition) is 4. The summed E-state index contributed by atoms with van der Waals surface area (Å²) in [5.41, 5.74) is 1.38. The summed E-state index contributed by atoms with van der Waals surface area (Å²) in [6, 6.07) is 11.8. The van der Waals surface area contributed by atoms with Gasteiger partial charge in [0.2, 0.25) is 0 Å². The van der Waals surface area contributed by atoms with Crippen LogP contribution in [0.1, 0.15) is 5.56 Å². The van der Waals surface area contributed by atoms with Crippen molar-refractivity contribution in [3.05, 3.63) is 35.9 Å². The molecule has 0 spiro atoms. The minimum atomic E-state index is 0.517. The lowest BCUT2D eigenvalue weighted by molar-refractivity contribution is 0.109. The van der Waals surface area contributed by atoms with Crippen molar-refractivity contribution in [1.29, 1.82) is 0 Å². The van der Waals surface area contributed by atoms with Gasteiger partial charge in [-0.1, -0.05) is 30.3 Å². The van der Waals surface area contributed by atoms with E-state index in [1.165, 1.54) is 5.56 Å². The van der Waals surface area contributed by atoms with Gasteiger partial charge in [-0.25, -0.2) is 0 Å². The zero-order chi connectivity index (χ0) is 15.2. The van der Waals surface area contributed by atoms with Crippen molar-refractivity contribution >= 4 is 0 Å². The molecule has 2 unspecified atom stereocenters. The Hall–Kier alpha value is -0.940. The van der Waals surface area contributed by atoms with Crippen LogP contribution in [0.15, 0.2) is 30.3 Å². The Morgan fingerprint density at radius 2 is 1.95 bits per heavy atom. The summed E-state index contributed by atoms with van der Waals surface area (Å²) < 4.78 is 0. The fourth-order valence-electron chi connectivity index (χ4n) is 3.13. The van der Waals surface area contributed by atoms with Crippen LogP contribution in [-0.4, -0.2) is 81.2 Å². The highest BCUT2D eigenvalue weighted by Gasteiger charge is 2.28. The van der Waals surface area contributed by atoms with Crippen molar-refractivity contribution in [3.63, 3.8) is 0 Å². The van der Waals surface area contributed by atoms with Crippen LogP contribution in [0.4, 0.5) is 0 Å². The second kappa shape index (κ2) is 7.90. The molecule has 1 fully saturated rings. The summed E-state index contributed by atoms with van der Waals surface area (Å²) >= 11 is 0. The SMILES string of the molecule is CN(C)CC(C1CN(C)CCN1)N(C)Cc1ccccc1. The molecule has 1 aliphatic rings. The van der Waals surface area contributed by atoms with Crippen molar-refractivity contribution in [2.24, 2.45) is 0 Å². The minimum absolute atomic E-state index is 0.517. The molecule has 0 bridgehead atoms. The molecule has 118 valence electrons. The topological polar surface area (TPSA) is 21.8 Å². The van der Waals surface area contributed by atoms with Crippen LogP contribution >= 0.6 is 0 Å². The molecule has 2 rings (SSSR count). The third-order valence-corrected chi connectivity index (χ3v) is 4.27. The third-order valence-electron chi connectivity index (χ3n) is 4.27. The summed E-state index contributed by atoms with van der Waals surface area (Å²) in [6.45, 7) is 5.44. The molecule has 0 aliphatic carbocycles. The van der Waals surface area contributed by atoms with E-state index >= 15 is 0 Å². The van der Waals surface area contributed by atoms with Crippen molar-refractivity contribution in [2.45, 2.75) is 18.6 Å². The molecule has 2 atom stereocenters. The van der Waals surface area contributed by atoms with Gasteiger partial charge < -0.3 is 15.1 Å². The van der Waals surface area contributed by atoms with Gasteiger partial charge in [-0.3, -0.25) is 4.90 Å². The first-order chi connectivity index (χ1) is 10.1. The predicted octanol–water partition coefficient (Wildman–Crippen LogP) is 0.952. The first-order valence-electron chi connectivity index (χ1n) is 7.87. The van der Waals surface area contributed by atoms with Crippen LogP contribution in [0.25, 0.3) is 0 Å². The Kier molecular flexibility index (Phi) is 6.18. The molecule has 1 heterocycles. The number of likely N-dealkylation sites (N-methyl/N-ethyl adjacent to an activating group) is 3. The van der Waals surface area contributed by atoms with Crippen molar-refractivity contribution < 1.29 is 0 Å². The largest absolute Gasteiger partial charge is 0.310 e. The molecule has 0 saturated carbocycles. The summed E-state index contributed by atoms with van der Waals surface area (Å²) in [4.78, 5) is 7.22. The zero-order valence-corrected chi connectivity index (χ0v) is 13.9. The molecule has 4 heteroatoms. The van der Waals surface area contributed by atoms with Gasteiger partial charge in [-0.05, 0) is 33.8 Å². The van der Waals surface area contributed by atoms with Crippen molar-refractivity contribution in [1.82, 2.24) is 20.0 Å². The number of piperazine rings is 1. The van der Waals surface area contributed by atoms with Crippen LogP contribution in [0, 0.1) is 0 Å². The maximum absolute atomic E-state index is 3.71. The Bertz CT molecular complexity index is 407. The van der Waals surface area contributed by atoms with Gasteiger partial charge in [-0.15, -0.1) is 0 Å². The Morgan fingerprint density at radius 3 is 2.57 bits per heavy atom. The van der Waals surface area contributed by atoms with Gasteiger partial charge >= 0.3 is 0 Å². The fraction of sp³-hybridized carbons (Fsp3) is 0.647. The molecule has 4 nitrogen and oxygen atoms in total. The Morgan fingerprint density at radius 1 is 1.24 bits per heavy atom. The lowest BCUT2D eigenvalue weighted by Crippen LogP contribution is -2.60. The Balaban J connectivity index is 2.03. The number of rotatable bonds is 6. The maximum atomic E-state index is 3.71. The highest BCUT2D eigenvalue weighted by atomic mass is 15.3. The van der Waals surface area contributed by atoms with Crippen LogP contribution in [0.5, 0.6) is 0 Å². The van der Waals surface area contributed by atoms with E-state index in [1.54, 1.807) is 0 Å². The molecule has 21 heavy (non-hydrogen) atoms. The standard InChI is InChI=1S/C17H30N4/c1-19(2)14-17(16-13-20(3)11-10-18-16)21(4)12-15-8-6-5-7-9-15/h5-9,16-18H,10-14H2,1-4H3. The molecule has 0 aromatic heterocycles. The number of benzene rings is 1. The van der Waals surface area contributed by atoms with Gasteiger partial charge in [0.1, 0.15) is 0 Å². The maximum Gasteiger partial charge on any atom is 0.0389 e. The van der Waals surface area contributed by atoms with E-state index in [1.807, 2.05) is 0 Å². The minimum Gasteiger partial charge on any atom is -0.310 e. The van der Waals surface area contributed by atoms with Gasteiger partial charge in [-0.2, -0.15) is 0 Å². The van der Waals surface area contributed by atoms with Crippen molar-refractivity contribution in [2.75, 3.05) is 54.4 Å². The van der Waals surface area contributed by atoms with E-state index in [2.05, 4.69) is 78.5 Å². The lowest BCUT2D eigenvalue weighted by atomic mass is 10.0. The van der Waals surface area contributed by atoms with Crippen LogP contribution < -0.4 is 5.32 Å². The van der Waals surface area contributed by atoms with Gasteiger partial charge in [0.05, 0.1) is 0 Å². The summed E-state index contributed by atoms with van der Waals surface area (Å²) in [5.74, 6) is 0. The highest BCUT2D eigenvalue weighted by molar-refractivity contribution is 5.14. The van der Waals surface area contributed by atoms with Crippen LogP contribution in [0.3, 0.4) is 0 Å². The smallest absolute Gasteiger partial charge is 0.0389 e. The van der Waals surface area contributed by atoms with E-state index in [9.17, 15) is 0 Å². The van der Waals surface area contributed by atoms with Crippen LogP contribution in [0.2, 0.25) is 0 Å². The molecule has 0 amide bonds. The van der Waals surface area contributed by atoms with Crippen molar-refractivity contribution in [3.8, 4) is 0 Å². The molecular formula is C17H30N4. The molecule has 1 N–H and O–H groups in total. The molecule has 1 aromatic carbocycles. The summed E-state index contributed by atoms with van der Waals surface area (Å²) in [5, 5.41) is 3.71. The zero-order valence-electron chi connectivity index (χ0n) is 13.9. The predicted molar refractivity (Wildman–Crippen MR) is 89.5 cm³/mol. The van der Waals surface area contributed by atoms with E-state index in [0.717, 1.165) is 32.7 Å². The molecule has 1 aliphatic heterocycles. The van der Waals surface area contributed by atoms with E-state index in [-0.39, 0.29) is 0 Å². The molecular weight excluding hydrogens is 260 g/mol. The van der Waals surface area contributed by atoms with Crippen LogP contribution in [-0.2, 0) is 6.54 Å². The molecule has 0 radical (unpaired) electrons. The number of hydrogen-bond donors (Lipinski definition) is 1. The number of nitrogens with one attached hydrogen (secondary N) is 1. The second-order valence-electron chi connectivity index (χ2n) is 6.55. The normalized spacial score (nSPS) is 21.9. The Labute approximate surface area is 129 Å². The van der Waals surface area contributed by atoms with Gasteiger partial charge in [0, 0.05) is 44.8 Å². The first kappa shape index (κ1) is 16.4. The monoisotopic (exact) mass is 290 g/mol. The van der Waals surface area contributed by atoms with E-state index in [4.69, 9.17) is 0 Å². The first-order valence-corrected chi connectivity index (χ1v) is 7.87.